The third-order valence-electron chi connectivity index (χ3n) is 4.38. The molecule has 6 nitrogen and oxygen atoms in total. The van der Waals surface area contributed by atoms with Gasteiger partial charge >= 0.3 is 10.4 Å². The van der Waals surface area contributed by atoms with Gasteiger partial charge in [-0.3, -0.25) is 9.11 Å². The molecule has 0 radical (unpaired) electrons. The zero-order valence-corrected chi connectivity index (χ0v) is 16.7. The third kappa shape index (κ3) is 23.8. The number of nitrogens with one attached hydrogen (secondary N) is 1. The maximum Gasteiger partial charge on any atom is 0.394 e. The van der Waals surface area contributed by atoms with Crippen LogP contribution in [0, 0.1) is 0 Å². The normalized spacial score (nSPS) is 17.8. The highest BCUT2D eigenvalue weighted by Crippen LogP contribution is 2.13. The molecule has 0 aliphatic carbocycles. The number of rotatable bonds is 13. The molecule has 1 fully saturated rings. The van der Waals surface area contributed by atoms with E-state index in [4.69, 9.17) is 22.3 Å². The van der Waals surface area contributed by atoms with Crippen molar-refractivity contribution in [1.82, 2.24) is 5.32 Å². The second kappa shape index (κ2) is 17.2. The first kappa shape index (κ1) is 24.8. The molecule has 1 rings (SSSR count). The van der Waals surface area contributed by atoms with Gasteiger partial charge in [-0.2, -0.15) is 8.42 Å². The Bertz CT molecular complexity index is 362. The molecule has 3 N–H and O–H groups in total. The fourth-order valence-electron chi connectivity index (χ4n) is 3.02. The van der Waals surface area contributed by atoms with Crippen LogP contribution in [0.15, 0.2) is 0 Å². The summed E-state index contributed by atoms with van der Waals surface area (Å²) in [5.74, 6) is 0. The van der Waals surface area contributed by atoms with Gasteiger partial charge in [0.25, 0.3) is 0 Å². The number of hydrogen-bond acceptors (Lipinski definition) is 4. The van der Waals surface area contributed by atoms with Crippen LogP contribution in [-0.2, 0) is 15.1 Å². The summed E-state index contributed by atoms with van der Waals surface area (Å²) in [6, 6.07) is 0. The fraction of sp³-hybridized carbons (Fsp3) is 1.00. The van der Waals surface area contributed by atoms with E-state index in [-0.39, 0.29) is 0 Å². The van der Waals surface area contributed by atoms with Crippen LogP contribution in [0.4, 0.5) is 0 Å². The average molecular weight is 382 g/mol. The van der Waals surface area contributed by atoms with Crippen molar-refractivity contribution < 1.29 is 22.3 Å². The maximum absolute atomic E-state index is 8.74. The van der Waals surface area contributed by atoms with Crippen molar-refractivity contribution in [3.05, 3.63) is 0 Å². The summed E-state index contributed by atoms with van der Waals surface area (Å²) in [6.45, 7) is 5.30. The highest BCUT2D eigenvalue weighted by molar-refractivity contribution is 7.79. The summed E-state index contributed by atoms with van der Waals surface area (Å²) in [5.41, 5.74) is 0. The summed E-state index contributed by atoms with van der Waals surface area (Å²) in [5, 5.41) is 3.40. The molecular formula is C18H39NO5S. The Morgan fingerprint density at radius 1 is 0.880 bits per heavy atom. The summed E-state index contributed by atoms with van der Waals surface area (Å²) in [6.07, 6.45) is 18.9. The van der Waals surface area contributed by atoms with E-state index < -0.39 is 10.4 Å². The summed E-state index contributed by atoms with van der Waals surface area (Å²) >= 11 is 0. The quantitative estimate of drug-likeness (QED) is 0.323. The molecule has 0 spiro atoms. The number of hydrogen-bond donors (Lipinski definition) is 3. The minimum Gasteiger partial charge on any atom is -0.376 e. The van der Waals surface area contributed by atoms with Crippen LogP contribution >= 0.6 is 0 Å². The molecule has 7 heteroatoms. The minimum atomic E-state index is -4.67. The summed E-state index contributed by atoms with van der Waals surface area (Å²) in [7, 11) is -4.67. The van der Waals surface area contributed by atoms with Crippen LogP contribution in [-0.4, -0.2) is 43.3 Å². The molecule has 0 bridgehead atoms. The lowest BCUT2D eigenvalue weighted by atomic mass is 10.0. The van der Waals surface area contributed by atoms with Crippen molar-refractivity contribution in [3.8, 4) is 0 Å². The first-order chi connectivity index (χ1) is 11.9. The molecule has 0 aromatic carbocycles. The van der Waals surface area contributed by atoms with Gasteiger partial charge in [-0.1, -0.05) is 84.0 Å². The number of morpholine rings is 1. The topological polar surface area (TPSA) is 95.9 Å². The van der Waals surface area contributed by atoms with E-state index in [0.717, 1.165) is 19.7 Å². The van der Waals surface area contributed by atoms with Crippen LogP contribution in [0.25, 0.3) is 0 Å². The van der Waals surface area contributed by atoms with E-state index in [1.165, 1.54) is 83.5 Å². The van der Waals surface area contributed by atoms with Crippen LogP contribution in [0.5, 0.6) is 0 Å². The van der Waals surface area contributed by atoms with Gasteiger partial charge in [-0.05, 0) is 6.42 Å². The van der Waals surface area contributed by atoms with Crippen molar-refractivity contribution in [2.75, 3.05) is 19.7 Å². The fourth-order valence-corrected chi connectivity index (χ4v) is 3.02. The van der Waals surface area contributed by atoms with Gasteiger partial charge < -0.3 is 10.1 Å². The molecular weight excluding hydrogens is 342 g/mol. The van der Waals surface area contributed by atoms with Crippen molar-refractivity contribution in [2.24, 2.45) is 0 Å². The SMILES string of the molecule is CCCCCCCCCCCCCCC1CNCCO1.O=S(=O)(O)O. The monoisotopic (exact) mass is 381 g/mol. The Morgan fingerprint density at radius 2 is 1.32 bits per heavy atom. The molecule has 1 aliphatic heterocycles. The number of unbranched alkanes of at least 4 members (excludes halogenated alkanes) is 11. The lowest BCUT2D eigenvalue weighted by Crippen LogP contribution is -2.38. The minimum absolute atomic E-state index is 0.492. The van der Waals surface area contributed by atoms with Crippen molar-refractivity contribution in [3.63, 3.8) is 0 Å². The zero-order valence-electron chi connectivity index (χ0n) is 15.9. The van der Waals surface area contributed by atoms with Crippen LogP contribution in [0.3, 0.4) is 0 Å². The summed E-state index contributed by atoms with van der Waals surface area (Å²) in [4.78, 5) is 0. The summed E-state index contributed by atoms with van der Waals surface area (Å²) < 4.78 is 37.3. The third-order valence-corrected chi connectivity index (χ3v) is 4.38. The zero-order chi connectivity index (χ0) is 18.8. The van der Waals surface area contributed by atoms with Gasteiger partial charge in [0.2, 0.25) is 0 Å². The largest absolute Gasteiger partial charge is 0.394 e. The van der Waals surface area contributed by atoms with E-state index in [1.54, 1.807) is 0 Å². The predicted octanol–water partition coefficient (Wildman–Crippen LogP) is 4.41. The Morgan fingerprint density at radius 3 is 1.72 bits per heavy atom. The Kier molecular flexibility index (Phi) is 17.1. The molecule has 0 aromatic heterocycles. The van der Waals surface area contributed by atoms with E-state index >= 15 is 0 Å². The average Bonchev–Trinajstić information content (AvgIpc) is 2.55. The molecule has 1 aliphatic rings. The molecule has 0 aromatic rings. The van der Waals surface area contributed by atoms with Crippen LogP contribution in [0.1, 0.15) is 90.4 Å². The predicted molar refractivity (Wildman–Crippen MR) is 102 cm³/mol. The van der Waals surface area contributed by atoms with Crippen LogP contribution in [0.2, 0.25) is 0 Å². The molecule has 1 unspecified atom stereocenters. The van der Waals surface area contributed by atoms with Gasteiger partial charge in [0.15, 0.2) is 0 Å². The lowest BCUT2D eigenvalue weighted by Gasteiger charge is -2.23. The molecule has 1 heterocycles. The number of ether oxygens (including phenoxy) is 1. The lowest BCUT2D eigenvalue weighted by molar-refractivity contribution is 0.0220. The van der Waals surface area contributed by atoms with Crippen molar-refractivity contribution in [1.29, 1.82) is 0 Å². The molecule has 152 valence electrons. The van der Waals surface area contributed by atoms with Gasteiger partial charge in [-0.25, -0.2) is 0 Å². The first-order valence-electron chi connectivity index (χ1n) is 9.95. The molecule has 0 amide bonds. The molecule has 1 atom stereocenters. The highest BCUT2D eigenvalue weighted by atomic mass is 32.3. The maximum atomic E-state index is 8.74. The van der Waals surface area contributed by atoms with E-state index in [1.807, 2.05) is 0 Å². The second-order valence-corrected chi connectivity index (χ2v) is 7.72. The van der Waals surface area contributed by atoms with Gasteiger partial charge in [0.1, 0.15) is 0 Å². The molecule has 0 saturated carbocycles. The highest BCUT2D eigenvalue weighted by Gasteiger charge is 2.11. The van der Waals surface area contributed by atoms with Gasteiger partial charge in [-0.15, -0.1) is 0 Å². The van der Waals surface area contributed by atoms with E-state index in [0.29, 0.717) is 6.10 Å². The van der Waals surface area contributed by atoms with Crippen molar-refractivity contribution >= 4 is 10.4 Å². The standard InChI is InChI=1S/C18H37NO.H2O4S/c1-2-3-4-5-6-7-8-9-10-11-12-13-14-18-17-19-15-16-20-18;1-5(2,3)4/h18-19H,2-17H2,1H3;(H2,1,2,3,4). The smallest absolute Gasteiger partial charge is 0.376 e. The molecule has 1 saturated heterocycles. The van der Waals surface area contributed by atoms with E-state index in [2.05, 4.69) is 12.2 Å². The Hall–Kier alpha value is -0.210. The Balaban J connectivity index is 0.00000101. The van der Waals surface area contributed by atoms with Gasteiger partial charge in [0.05, 0.1) is 12.7 Å². The Labute approximate surface area is 154 Å². The first-order valence-corrected chi connectivity index (χ1v) is 11.4. The van der Waals surface area contributed by atoms with Crippen LogP contribution < -0.4 is 5.32 Å². The second-order valence-electron chi connectivity index (χ2n) is 6.82. The van der Waals surface area contributed by atoms with Crippen molar-refractivity contribution in [2.45, 2.75) is 96.5 Å². The van der Waals surface area contributed by atoms with Gasteiger partial charge in [0, 0.05) is 13.1 Å². The van der Waals surface area contributed by atoms with E-state index in [9.17, 15) is 0 Å². The molecule has 25 heavy (non-hydrogen) atoms.